The zero-order valence-corrected chi connectivity index (χ0v) is 21.5. The molecular formula is C21H12Cl2F6N6OS2. The Hall–Kier alpha value is -3.01. The summed E-state index contributed by atoms with van der Waals surface area (Å²) in [5.41, 5.74) is -2.08. The normalized spacial score (nSPS) is 14.0. The van der Waals surface area contributed by atoms with Gasteiger partial charge in [-0.3, -0.25) is 0 Å². The van der Waals surface area contributed by atoms with Crippen LogP contribution in [0.2, 0.25) is 10.2 Å². The lowest BCUT2D eigenvalue weighted by atomic mass is 10.0. The van der Waals surface area contributed by atoms with Gasteiger partial charge in [-0.15, -0.1) is 21.5 Å². The number of thiol groups is 2. The van der Waals surface area contributed by atoms with Crippen LogP contribution in [-0.4, -0.2) is 30.1 Å². The standard InChI is InChI=1S/C21H12Cl2F6N6OS2/c22-11-1-2-13-12(6-11)30-19(36-13)38-17-31-14(23)7-15(32-17)37-18-33-16(34-35-18)8-3-9(20(24,25)26)5-10(4-8)21(27,28)29/h1-7,30,37-38H,(H,31,32)(H,33,34,35). The number of nitrogens with zero attached hydrogens (tertiary/aromatic N) is 3. The monoisotopic (exact) mass is 612 g/mol. The first-order chi connectivity index (χ1) is 17.8. The maximum atomic E-state index is 13.2. The van der Waals surface area contributed by atoms with Gasteiger partial charge >= 0.3 is 12.4 Å². The number of nitrogens with one attached hydrogen (secondary N) is 3. The van der Waals surface area contributed by atoms with Crippen molar-refractivity contribution in [3.8, 4) is 11.4 Å². The summed E-state index contributed by atoms with van der Waals surface area (Å²) in [5, 5.41) is 8.75. The summed E-state index contributed by atoms with van der Waals surface area (Å²) in [6, 6.07) is 7.75. The van der Waals surface area contributed by atoms with Gasteiger partial charge in [0.15, 0.2) is 21.7 Å². The van der Waals surface area contributed by atoms with Crippen LogP contribution < -0.4 is 0 Å². The Balaban J connectivity index is 1.52. The number of aromatic nitrogens is 6. The molecule has 0 saturated carbocycles. The molecule has 0 fully saturated rings. The SMILES string of the molecule is FC(F)(F)c1cc(-c2nnc([SH]=c3cc(Cl)nc([SH]=c4[nH]c5cc(Cl)ccc5o4)[nH]3)[nH]2)cc(C(F)(F)F)c1. The molecule has 7 nitrogen and oxygen atoms in total. The van der Waals surface area contributed by atoms with Crippen molar-refractivity contribution in [1.82, 2.24) is 30.1 Å². The fourth-order valence-electron chi connectivity index (χ4n) is 3.26. The first kappa shape index (κ1) is 26.6. The summed E-state index contributed by atoms with van der Waals surface area (Å²) >= 11 is 13.0. The highest BCUT2D eigenvalue weighted by Crippen LogP contribution is 2.38. The van der Waals surface area contributed by atoms with Gasteiger partial charge in [-0.25, -0.2) is 4.98 Å². The lowest BCUT2D eigenvalue weighted by Crippen LogP contribution is -2.11. The lowest BCUT2D eigenvalue weighted by molar-refractivity contribution is -0.143. The molecule has 0 spiro atoms. The molecular weight excluding hydrogens is 601 g/mol. The predicted molar refractivity (Wildman–Crippen MR) is 132 cm³/mol. The molecule has 0 unspecified atom stereocenters. The van der Waals surface area contributed by atoms with Crippen LogP contribution in [0.5, 0.6) is 0 Å². The maximum absolute atomic E-state index is 13.2. The van der Waals surface area contributed by atoms with Crippen LogP contribution in [0, 0.1) is 9.48 Å². The van der Waals surface area contributed by atoms with Gasteiger partial charge in [0.2, 0.25) is 4.84 Å². The fourth-order valence-corrected chi connectivity index (χ4v) is 5.52. The van der Waals surface area contributed by atoms with Crippen molar-refractivity contribution in [2.24, 2.45) is 0 Å². The van der Waals surface area contributed by atoms with Crippen molar-refractivity contribution in [1.29, 1.82) is 0 Å². The number of hydrogen-bond acceptors (Lipinski definition) is 4. The molecule has 0 aliphatic carbocycles. The van der Waals surface area contributed by atoms with E-state index in [1.54, 1.807) is 18.2 Å². The molecule has 38 heavy (non-hydrogen) atoms. The second kappa shape index (κ2) is 9.94. The lowest BCUT2D eigenvalue weighted by Gasteiger charge is -2.13. The molecule has 5 rings (SSSR count). The molecule has 0 atom stereocenters. The van der Waals surface area contributed by atoms with Crippen molar-refractivity contribution in [3.05, 3.63) is 73.2 Å². The molecule has 0 aliphatic rings. The van der Waals surface area contributed by atoms with Gasteiger partial charge < -0.3 is 19.4 Å². The summed E-state index contributed by atoms with van der Waals surface area (Å²) in [5.74, 6) is -0.266. The minimum atomic E-state index is -4.99. The first-order valence-corrected chi connectivity index (χ1v) is 12.8. The Kier molecular flexibility index (Phi) is 6.96. The number of rotatable bonds is 3. The third kappa shape index (κ3) is 6.00. The van der Waals surface area contributed by atoms with Crippen LogP contribution in [0.15, 0.2) is 57.2 Å². The molecule has 3 aromatic heterocycles. The van der Waals surface area contributed by atoms with Gasteiger partial charge in [-0.05, 0) is 36.4 Å². The van der Waals surface area contributed by atoms with E-state index in [-0.39, 0.29) is 22.2 Å². The number of benzene rings is 2. The van der Waals surface area contributed by atoms with Crippen LogP contribution in [0.1, 0.15) is 11.1 Å². The Morgan fingerprint density at radius 3 is 2.16 bits per heavy atom. The van der Waals surface area contributed by atoms with Crippen molar-refractivity contribution >= 4 is 57.0 Å². The molecule has 5 aromatic rings. The predicted octanol–water partition coefficient (Wildman–Crippen LogP) is 7.73. The van der Waals surface area contributed by atoms with Gasteiger partial charge in [0.25, 0.3) is 0 Å². The molecule has 0 amide bonds. The fraction of sp³-hybridized carbons (Fsp3) is 0.0952. The van der Waals surface area contributed by atoms with Gasteiger partial charge in [0, 0.05) is 16.7 Å². The Morgan fingerprint density at radius 2 is 1.47 bits per heavy atom. The van der Waals surface area contributed by atoms with Crippen LogP contribution in [0.4, 0.5) is 26.3 Å². The van der Waals surface area contributed by atoms with Crippen LogP contribution in [0.3, 0.4) is 0 Å². The second-order valence-electron chi connectivity index (χ2n) is 7.60. The van der Waals surface area contributed by atoms with E-state index in [4.69, 9.17) is 27.6 Å². The van der Waals surface area contributed by atoms with E-state index in [2.05, 4.69) is 30.1 Å². The Labute approximate surface area is 224 Å². The van der Waals surface area contributed by atoms with Crippen molar-refractivity contribution in [3.63, 3.8) is 0 Å². The highest BCUT2D eigenvalue weighted by molar-refractivity contribution is 7.91. The van der Waals surface area contributed by atoms with E-state index in [9.17, 15) is 26.3 Å². The van der Waals surface area contributed by atoms with Gasteiger partial charge in [0.1, 0.15) is 5.15 Å². The first-order valence-electron chi connectivity index (χ1n) is 10.2. The molecule has 0 aliphatic heterocycles. The topological polar surface area (TPSA) is 99.2 Å². The summed E-state index contributed by atoms with van der Waals surface area (Å²) in [6.07, 6.45) is -9.97. The third-order valence-electron chi connectivity index (χ3n) is 4.87. The number of fused-ring (bicyclic) bond motifs is 1. The highest BCUT2D eigenvalue weighted by atomic mass is 35.5. The quantitative estimate of drug-likeness (QED) is 0.0473. The molecule has 3 heterocycles. The summed E-state index contributed by atoms with van der Waals surface area (Å²) < 4.78 is 85.4. The zero-order chi connectivity index (χ0) is 27.2. The molecule has 17 heteroatoms. The molecule has 0 radical (unpaired) electrons. The molecule has 200 valence electrons. The van der Waals surface area contributed by atoms with Crippen LogP contribution in [-0.2, 0) is 12.4 Å². The number of oxazole rings is 1. The maximum Gasteiger partial charge on any atom is 0.416 e. The van der Waals surface area contributed by atoms with E-state index in [0.717, 1.165) is 0 Å². The van der Waals surface area contributed by atoms with Crippen molar-refractivity contribution in [2.75, 3.05) is 0 Å². The summed E-state index contributed by atoms with van der Waals surface area (Å²) in [7, 11) is 0. The van der Waals surface area contributed by atoms with Gasteiger partial charge in [-0.2, -0.15) is 26.3 Å². The summed E-state index contributed by atoms with van der Waals surface area (Å²) in [4.78, 5) is 13.4. The highest BCUT2D eigenvalue weighted by Gasteiger charge is 2.37. The number of hydrogen-bond donors (Lipinski definition) is 5. The van der Waals surface area contributed by atoms with Crippen LogP contribution in [0.25, 0.3) is 22.5 Å². The third-order valence-corrected chi connectivity index (χ3v) is 7.02. The second-order valence-corrected chi connectivity index (χ2v) is 10.6. The number of alkyl halides is 6. The van der Waals surface area contributed by atoms with Crippen LogP contribution >= 0.6 is 45.9 Å². The zero-order valence-electron chi connectivity index (χ0n) is 18.2. The number of halogens is 8. The number of H-pyrrole nitrogens is 3. The number of aromatic amines is 3. The molecule has 0 saturated heterocycles. The molecule has 0 bridgehead atoms. The largest absolute Gasteiger partial charge is 0.433 e. The Morgan fingerprint density at radius 1 is 0.763 bits per heavy atom. The van der Waals surface area contributed by atoms with E-state index < -0.39 is 29.0 Å². The molecule has 3 N–H and O–H groups in total. The van der Waals surface area contributed by atoms with Crippen molar-refractivity contribution in [2.45, 2.75) is 22.7 Å². The van der Waals surface area contributed by atoms with Gasteiger partial charge in [-0.1, -0.05) is 34.6 Å². The Bertz CT molecular complexity index is 1770. The van der Waals surface area contributed by atoms with E-state index in [1.807, 2.05) is 0 Å². The van der Waals surface area contributed by atoms with Crippen molar-refractivity contribution < 1.29 is 30.8 Å². The average molecular weight is 613 g/mol. The minimum absolute atomic E-state index is 0.0434. The van der Waals surface area contributed by atoms with E-state index in [1.165, 1.54) is 6.07 Å². The molecule has 2 aromatic carbocycles. The summed E-state index contributed by atoms with van der Waals surface area (Å²) in [6.45, 7) is 0. The minimum Gasteiger partial charge on any atom is -0.433 e. The van der Waals surface area contributed by atoms with Gasteiger partial charge in [0.05, 0.1) is 21.3 Å². The van der Waals surface area contributed by atoms with E-state index in [0.29, 0.717) is 65.6 Å². The van der Waals surface area contributed by atoms with E-state index >= 15 is 0 Å². The smallest absolute Gasteiger partial charge is 0.416 e. The average Bonchev–Trinajstić information content (AvgIpc) is 3.43.